The van der Waals surface area contributed by atoms with E-state index in [0.29, 0.717) is 13.0 Å². The summed E-state index contributed by atoms with van der Waals surface area (Å²) < 4.78 is 0. The largest absolute Gasteiger partial charge is 0.352 e. The van der Waals surface area contributed by atoms with Crippen LogP contribution in [0.1, 0.15) is 65.0 Å². The lowest BCUT2D eigenvalue weighted by Gasteiger charge is -2.34. The van der Waals surface area contributed by atoms with Crippen LogP contribution in [0.3, 0.4) is 0 Å². The zero-order valence-corrected chi connectivity index (χ0v) is 17.0. The Bertz CT molecular complexity index is 638. The van der Waals surface area contributed by atoms with Crippen molar-refractivity contribution in [3.8, 4) is 0 Å². The van der Waals surface area contributed by atoms with Crippen molar-refractivity contribution in [1.29, 1.82) is 0 Å². The Balaban J connectivity index is 2.00. The fraction of sp³-hybridized carbons (Fsp3) is 0.636. The molecule has 0 atom stereocenters. The number of hydrogen-bond acceptors (Lipinski definition) is 2. The molecule has 4 heteroatoms. The number of likely N-dealkylation sites (tertiary alicyclic amines) is 1. The van der Waals surface area contributed by atoms with Crippen molar-refractivity contribution in [2.24, 2.45) is 10.8 Å². The molecule has 0 radical (unpaired) electrons. The summed E-state index contributed by atoms with van der Waals surface area (Å²) in [5.74, 6) is 0.298. The Morgan fingerprint density at radius 1 is 1.00 bits per heavy atom. The van der Waals surface area contributed by atoms with Gasteiger partial charge in [0.2, 0.25) is 11.8 Å². The molecule has 1 heterocycles. The smallest absolute Gasteiger partial charge is 0.228 e. The van der Waals surface area contributed by atoms with Crippen molar-refractivity contribution in [2.45, 2.75) is 66.8 Å². The van der Waals surface area contributed by atoms with Gasteiger partial charge in [-0.2, -0.15) is 0 Å². The van der Waals surface area contributed by atoms with E-state index in [1.165, 1.54) is 6.42 Å². The standard InChI is InChI=1S/C22H34N2O2/c1-21(2,3)19(25)23-16-18-11-9-10-17(14-18)15-22(4,5)20(26)24-12-7-6-8-13-24/h9-11,14H,6-8,12-13,15-16H2,1-5H3,(H,23,25). The number of carbonyl (C=O) groups excluding carboxylic acids is 2. The van der Waals surface area contributed by atoms with Gasteiger partial charge in [-0.1, -0.05) is 58.9 Å². The lowest BCUT2D eigenvalue weighted by atomic mass is 9.83. The molecule has 26 heavy (non-hydrogen) atoms. The van der Waals surface area contributed by atoms with E-state index >= 15 is 0 Å². The number of nitrogens with zero attached hydrogens (tertiary/aromatic N) is 1. The third-order valence-electron chi connectivity index (χ3n) is 4.99. The maximum atomic E-state index is 12.9. The van der Waals surface area contributed by atoms with E-state index in [4.69, 9.17) is 0 Å². The van der Waals surface area contributed by atoms with Gasteiger partial charge >= 0.3 is 0 Å². The highest BCUT2D eigenvalue weighted by atomic mass is 16.2. The minimum atomic E-state index is -0.412. The van der Waals surface area contributed by atoms with Gasteiger partial charge < -0.3 is 10.2 Å². The van der Waals surface area contributed by atoms with Gasteiger partial charge in [0.25, 0.3) is 0 Å². The molecule has 1 saturated heterocycles. The zero-order valence-electron chi connectivity index (χ0n) is 17.0. The van der Waals surface area contributed by atoms with Gasteiger partial charge in [0.15, 0.2) is 0 Å². The zero-order chi connectivity index (χ0) is 19.4. The number of hydrogen-bond donors (Lipinski definition) is 1. The Hall–Kier alpha value is -1.84. The predicted octanol–water partition coefficient (Wildman–Crippen LogP) is 3.93. The van der Waals surface area contributed by atoms with Crippen LogP contribution in [-0.2, 0) is 22.6 Å². The molecule has 0 bridgehead atoms. The quantitative estimate of drug-likeness (QED) is 0.867. The number of rotatable bonds is 5. The average Bonchev–Trinajstić information content (AvgIpc) is 2.59. The van der Waals surface area contributed by atoms with E-state index in [1.807, 2.05) is 51.7 Å². The molecular formula is C22H34N2O2. The van der Waals surface area contributed by atoms with Crippen LogP contribution in [0.4, 0.5) is 0 Å². The summed E-state index contributed by atoms with van der Waals surface area (Å²) in [6, 6.07) is 8.20. The average molecular weight is 359 g/mol. The molecule has 0 aromatic heterocycles. The minimum Gasteiger partial charge on any atom is -0.352 e. The van der Waals surface area contributed by atoms with E-state index in [2.05, 4.69) is 17.4 Å². The highest BCUT2D eigenvalue weighted by molar-refractivity contribution is 5.82. The number of amides is 2. The lowest BCUT2D eigenvalue weighted by molar-refractivity contribution is -0.141. The van der Waals surface area contributed by atoms with Crippen LogP contribution >= 0.6 is 0 Å². The van der Waals surface area contributed by atoms with Gasteiger partial charge in [0, 0.05) is 30.5 Å². The fourth-order valence-corrected chi connectivity index (χ4v) is 3.41. The van der Waals surface area contributed by atoms with E-state index in [-0.39, 0.29) is 17.2 Å². The molecule has 0 saturated carbocycles. The van der Waals surface area contributed by atoms with Gasteiger partial charge in [-0.25, -0.2) is 0 Å². The van der Waals surface area contributed by atoms with Crippen LogP contribution in [0, 0.1) is 10.8 Å². The van der Waals surface area contributed by atoms with E-state index in [1.54, 1.807) is 0 Å². The van der Waals surface area contributed by atoms with Crippen LogP contribution in [0.15, 0.2) is 24.3 Å². The van der Waals surface area contributed by atoms with Crippen LogP contribution in [-0.4, -0.2) is 29.8 Å². The van der Waals surface area contributed by atoms with Gasteiger partial charge in [-0.15, -0.1) is 0 Å². The molecule has 1 aromatic rings. The summed E-state index contributed by atoms with van der Waals surface area (Å²) in [6.07, 6.45) is 4.17. The first kappa shape index (κ1) is 20.5. The minimum absolute atomic E-state index is 0.0449. The maximum absolute atomic E-state index is 12.9. The molecule has 0 unspecified atom stereocenters. The Morgan fingerprint density at radius 3 is 2.23 bits per heavy atom. The first-order valence-electron chi connectivity index (χ1n) is 9.75. The van der Waals surface area contributed by atoms with Crippen molar-refractivity contribution < 1.29 is 9.59 Å². The Morgan fingerprint density at radius 2 is 1.62 bits per heavy atom. The van der Waals surface area contributed by atoms with Crippen molar-refractivity contribution in [3.05, 3.63) is 35.4 Å². The maximum Gasteiger partial charge on any atom is 0.228 e. The third-order valence-corrected chi connectivity index (χ3v) is 4.99. The molecule has 1 aliphatic rings. The molecular weight excluding hydrogens is 324 g/mol. The van der Waals surface area contributed by atoms with Crippen LogP contribution in [0.2, 0.25) is 0 Å². The molecule has 1 aliphatic heterocycles. The number of nitrogens with one attached hydrogen (secondary N) is 1. The summed E-state index contributed by atoms with van der Waals surface area (Å²) >= 11 is 0. The van der Waals surface area contributed by atoms with Crippen molar-refractivity contribution >= 4 is 11.8 Å². The second-order valence-corrected chi connectivity index (χ2v) is 9.17. The Kier molecular flexibility index (Phi) is 6.48. The van der Waals surface area contributed by atoms with Crippen LogP contribution in [0.5, 0.6) is 0 Å². The summed E-state index contributed by atoms with van der Waals surface area (Å²) in [5, 5.41) is 2.99. The summed E-state index contributed by atoms with van der Waals surface area (Å²) in [7, 11) is 0. The van der Waals surface area contributed by atoms with Gasteiger partial charge in [0.1, 0.15) is 0 Å². The number of benzene rings is 1. The highest BCUT2D eigenvalue weighted by Crippen LogP contribution is 2.27. The topological polar surface area (TPSA) is 49.4 Å². The number of carbonyl (C=O) groups is 2. The first-order chi connectivity index (χ1) is 12.1. The van der Waals surface area contributed by atoms with Gasteiger partial charge in [0.05, 0.1) is 0 Å². The summed E-state index contributed by atoms with van der Waals surface area (Å²) in [4.78, 5) is 27.0. The van der Waals surface area contributed by atoms with Crippen LogP contribution in [0.25, 0.3) is 0 Å². The molecule has 2 amide bonds. The SMILES string of the molecule is CC(C)(C)C(=O)NCc1cccc(CC(C)(C)C(=O)N2CCCCC2)c1. The van der Waals surface area contributed by atoms with Crippen molar-refractivity contribution in [1.82, 2.24) is 10.2 Å². The lowest BCUT2D eigenvalue weighted by Crippen LogP contribution is -2.44. The van der Waals surface area contributed by atoms with E-state index < -0.39 is 5.41 Å². The highest BCUT2D eigenvalue weighted by Gasteiger charge is 2.32. The van der Waals surface area contributed by atoms with Gasteiger partial charge in [-0.3, -0.25) is 9.59 Å². The molecule has 2 rings (SSSR count). The monoisotopic (exact) mass is 358 g/mol. The van der Waals surface area contributed by atoms with E-state index in [9.17, 15) is 9.59 Å². The second kappa shape index (κ2) is 8.24. The van der Waals surface area contributed by atoms with Crippen molar-refractivity contribution in [3.63, 3.8) is 0 Å². The predicted molar refractivity (Wildman–Crippen MR) is 106 cm³/mol. The molecule has 1 aromatic carbocycles. The van der Waals surface area contributed by atoms with Crippen LogP contribution < -0.4 is 5.32 Å². The molecule has 0 aliphatic carbocycles. The first-order valence-corrected chi connectivity index (χ1v) is 9.75. The Labute approximate surface area is 158 Å². The molecule has 1 fully saturated rings. The summed E-state index contributed by atoms with van der Waals surface area (Å²) in [6.45, 7) is 12.1. The van der Waals surface area contributed by atoms with E-state index in [0.717, 1.165) is 37.1 Å². The third kappa shape index (κ3) is 5.58. The second-order valence-electron chi connectivity index (χ2n) is 9.17. The molecule has 4 nitrogen and oxygen atoms in total. The fourth-order valence-electron chi connectivity index (χ4n) is 3.41. The summed E-state index contributed by atoms with van der Waals surface area (Å²) in [5.41, 5.74) is 1.41. The molecule has 0 spiro atoms. The van der Waals surface area contributed by atoms with Gasteiger partial charge in [-0.05, 0) is 36.8 Å². The molecule has 1 N–H and O–H groups in total. The number of piperidine rings is 1. The molecule has 144 valence electrons. The normalized spacial score (nSPS) is 15.7. The van der Waals surface area contributed by atoms with Crippen molar-refractivity contribution in [2.75, 3.05) is 13.1 Å².